The summed E-state index contributed by atoms with van der Waals surface area (Å²) >= 11 is 0. The molecule has 0 atom stereocenters. The normalized spacial score (nSPS) is 44.3. The molecule has 0 nitrogen and oxygen atoms in total. The largest absolute Gasteiger partial charge is 0.0625 e. The summed E-state index contributed by atoms with van der Waals surface area (Å²) in [4.78, 5) is 0. The monoisotopic (exact) mass is 234 g/mol. The van der Waals surface area contributed by atoms with Crippen molar-refractivity contribution >= 4 is 0 Å². The lowest BCUT2D eigenvalue weighted by Gasteiger charge is -2.58. The fourth-order valence-electron chi connectivity index (χ4n) is 6.25. The molecule has 0 aromatic carbocycles. The van der Waals surface area contributed by atoms with Crippen LogP contribution in [0.4, 0.5) is 0 Å². The van der Waals surface area contributed by atoms with Gasteiger partial charge in [0.05, 0.1) is 0 Å². The predicted octanol–water partition coefficient (Wildman–Crippen LogP) is 4.99. The molecule has 98 valence electrons. The quantitative estimate of drug-likeness (QED) is 0.645. The maximum atomic E-state index is 2.47. The van der Waals surface area contributed by atoms with Crippen LogP contribution >= 0.6 is 0 Å². The first kappa shape index (κ1) is 12.1. The van der Waals surface area contributed by atoms with Crippen molar-refractivity contribution in [3.8, 4) is 0 Å². The van der Waals surface area contributed by atoms with Crippen molar-refractivity contribution in [3.63, 3.8) is 0 Å². The van der Waals surface area contributed by atoms with Gasteiger partial charge < -0.3 is 0 Å². The highest BCUT2D eigenvalue weighted by Crippen LogP contribution is 2.59. The Hall–Kier alpha value is 0. The van der Waals surface area contributed by atoms with Crippen molar-refractivity contribution in [1.29, 1.82) is 0 Å². The summed E-state index contributed by atoms with van der Waals surface area (Å²) in [7, 11) is 0. The molecule has 4 aliphatic carbocycles. The van der Waals surface area contributed by atoms with E-state index in [1.807, 2.05) is 0 Å². The number of rotatable bonds is 3. The number of hydrogen-bond acceptors (Lipinski definition) is 0. The average Bonchev–Trinajstić information content (AvgIpc) is 2.20. The van der Waals surface area contributed by atoms with Crippen LogP contribution in [0.25, 0.3) is 0 Å². The first-order chi connectivity index (χ1) is 8.06. The Balaban J connectivity index is 1.83. The Morgan fingerprint density at radius 1 is 0.647 bits per heavy atom. The molecule has 0 aromatic rings. The van der Waals surface area contributed by atoms with E-state index in [1.54, 1.807) is 32.1 Å². The van der Waals surface area contributed by atoms with Gasteiger partial charge in [0.15, 0.2) is 0 Å². The molecule has 0 unspecified atom stereocenters. The molecule has 0 aliphatic heterocycles. The van der Waals surface area contributed by atoms with Gasteiger partial charge in [-0.1, -0.05) is 27.7 Å². The molecule has 0 aromatic heterocycles. The lowest BCUT2D eigenvalue weighted by atomic mass is 9.48. The van der Waals surface area contributed by atoms with Crippen LogP contribution in [0.2, 0.25) is 0 Å². The highest BCUT2D eigenvalue weighted by Gasteiger charge is 2.51. The molecule has 0 heterocycles. The lowest BCUT2D eigenvalue weighted by molar-refractivity contribution is -0.0802. The van der Waals surface area contributed by atoms with E-state index in [-0.39, 0.29) is 0 Å². The molecule has 4 fully saturated rings. The van der Waals surface area contributed by atoms with Gasteiger partial charge in [-0.15, -0.1) is 0 Å². The van der Waals surface area contributed by atoms with Crippen LogP contribution in [-0.2, 0) is 0 Å². The van der Waals surface area contributed by atoms with Crippen LogP contribution in [0, 0.1) is 47.3 Å². The zero-order valence-corrected chi connectivity index (χ0v) is 12.2. The Morgan fingerprint density at radius 2 is 1.06 bits per heavy atom. The van der Waals surface area contributed by atoms with Gasteiger partial charge in [-0.25, -0.2) is 0 Å². The third-order valence-electron chi connectivity index (χ3n) is 6.28. The van der Waals surface area contributed by atoms with E-state index in [1.165, 1.54) is 0 Å². The molecular weight excluding hydrogens is 204 g/mol. The molecule has 0 saturated heterocycles. The van der Waals surface area contributed by atoms with Gasteiger partial charge in [0.1, 0.15) is 0 Å². The van der Waals surface area contributed by atoms with Crippen LogP contribution < -0.4 is 0 Å². The van der Waals surface area contributed by atoms with Gasteiger partial charge >= 0.3 is 0 Å². The van der Waals surface area contributed by atoms with Crippen LogP contribution in [0.5, 0.6) is 0 Å². The fraction of sp³-hybridized carbons (Fsp3) is 1.00. The van der Waals surface area contributed by atoms with Crippen molar-refractivity contribution in [2.45, 2.75) is 59.8 Å². The summed E-state index contributed by atoms with van der Waals surface area (Å²) in [5, 5.41) is 0. The van der Waals surface area contributed by atoms with E-state index in [9.17, 15) is 0 Å². The molecule has 4 bridgehead atoms. The smallest absolute Gasteiger partial charge is 0.0324 e. The summed E-state index contributed by atoms with van der Waals surface area (Å²) in [6.07, 6.45) is 7.95. The average molecular weight is 234 g/mol. The first-order valence-corrected chi connectivity index (χ1v) is 8.06. The number of hydrogen-bond donors (Lipinski definition) is 0. The van der Waals surface area contributed by atoms with Crippen molar-refractivity contribution < 1.29 is 0 Å². The zero-order valence-electron chi connectivity index (χ0n) is 12.2. The standard InChI is InChI=1S/C17H30/c1-10(2)16(11(3)4)17-14-6-12-5-13(8-14)9-15(17)7-12/h10-17H,5-9H2,1-4H3. The SMILES string of the molecule is CC(C)C(C(C)C)C1C2CC3CC(C2)CC1C3. The minimum absolute atomic E-state index is 0.887. The van der Waals surface area contributed by atoms with Crippen LogP contribution in [0.15, 0.2) is 0 Å². The van der Waals surface area contributed by atoms with E-state index < -0.39 is 0 Å². The topological polar surface area (TPSA) is 0 Å². The van der Waals surface area contributed by atoms with Crippen molar-refractivity contribution in [3.05, 3.63) is 0 Å². The van der Waals surface area contributed by atoms with Crippen molar-refractivity contribution in [1.82, 2.24) is 0 Å². The van der Waals surface area contributed by atoms with Crippen molar-refractivity contribution in [2.24, 2.45) is 47.3 Å². The van der Waals surface area contributed by atoms with Gasteiger partial charge in [0.2, 0.25) is 0 Å². The molecule has 4 aliphatic rings. The third kappa shape index (κ3) is 1.96. The van der Waals surface area contributed by atoms with Gasteiger partial charge in [-0.05, 0) is 79.4 Å². The molecule has 17 heavy (non-hydrogen) atoms. The highest BCUT2D eigenvalue weighted by molar-refractivity contribution is 5.00. The molecule has 0 spiro atoms. The fourth-order valence-corrected chi connectivity index (χ4v) is 6.25. The molecule has 0 amide bonds. The molecular formula is C17H30. The minimum Gasteiger partial charge on any atom is -0.0625 e. The molecule has 0 heteroatoms. The van der Waals surface area contributed by atoms with E-state index in [4.69, 9.17) is 0 Å². The summed E-state index contributed by atoms with van der Waals surface area (Å²) in [6, 6.07) is 0. The van der Waals surface area contributed by atoms with Crippen LogP contribution in [0.1, 0.15) is 59.8 Å². The molecule has 4 saturated carbocycles. The first-order valence-electron chi connectivity index (χ1n) is 8.06. The van der Waals surface area contributed by atoms with E-state index in [0.29, 0.717) is 0 Å². The van der Waals surface area contributed by atoms with Gasteiger partial charge in [0, 0.05) is 0 Å². The van der Waals surface area contributed by atoms with Crippen LogP contribution in [0.3, 0.4) is 0 Å². The minimum atomic E-state index is 0.887. The second-order valence-electron chi connectivity index (χ2n) is 8.07. The Morgan fingerprint density at radius 3 is 1.41 bits per heavy atom. The predicted molar refractivity (Wildman–Crippen MR) is 73.7 cm³/mol. The summed E-state index contributed by atoms with van der Waals surface area (Å²) in [6.45, 7) is 9.87. The summed E-state index contributed by atoms with van der Waals surface area (Å²) in [5.41, 5.74) is 0. The second kappa shape index (κ2) is 4.28. The van der Waals surface area contributed by atoms with E-state index >= 15 is 0 Å². The molecule has 0 radical (unpaired) electrons. The molecule has 0 N–H and O–H groups in total. The Bertz CT molecular complexity index is 240. The Kier molecular flexibility index (Phi) is 3.04. The molecule has 4 rings (SSSR count). The third-order valence-corrected chi connectivity index (χ3v) is 6.28. The summed E-state index contributed by atoms with van der Waals surface area (Å²) in [5.74, 6) is 8.34. The van der Waals surface area contributed by atoms with Gasteiger partial charge in [-0.2, -0.15) is 0 Å². The van der Waals surface area contributed by atoms with E-state index in [0.717, 1.165) is 47.3 Å². The zero-order chi connectivity index (χ0) is 12.2. The lowest BCUT2D eigenvalue weighted by Crippen LogP contribution is -2.49. The second-order valence-corrected chi connectivity index (χ2v) is 8.07. The Labute approximate surface area is 108 Å². The summed E-state index contributed by atoms with van der Waals surface area (Å²) < 4.78 is 0. The van der Waals surface area contributed by atoms with Gasteiger partial charge in [-0.3, -0.25) is 0 Å². The van der Waals surface area contributed by atoms with Crippen LogP contribution in [-0.4, -0.2) is 0 Å². The maximum absolute atomic E-state index is 2.47. The van der Waals surface area contributed by atoms with Crippen molar-refractivity contribution in [2.75, 3.05) is 0 Å². The van der Waals surface area contributed by atoms with Gasteiger partial charge in [0.25, 0.3) is 0 Å². The van der Waals surface area contributed by atoms with E-state index in [2.05, 4.69) is 27.7 Å². The maximum Gasteiger partial charge on any atom is -0.0324 e. The highest BCUT2D eigenvalue weighted by atomic mass is 14.6.